The summed E-state index contributed by atoms with van der Waals surface area (Å²) < 4.78 is 7.58. The zero-order chi connectivity index (χ0) is 20.5. The first-order valence-electron chi connectivity index (χ1n) is 11.3. The molecule has 0 saturated carbocycles. The van der Waals surface area contributed by atoms with Crippen molar-refractivity contribution in [2.45, 2.75) is 44.2 Å². The molecule has 30 heavy (non-hydrogen) atoms. The Morgan fingerprint density at radius 2 is 1.93 bits per heavy atom. The maximum absolute atomic E-state index is 12.6. The van der Waals surface area contributed by atoms with Gasteiger partial charge in [0.05, 0.1) is 36.9 Å². The molecule has 2 atom stereocenters. The smallest absolute Gasteiger partial charge is 0.150 e. The largest absolute Gasteiger partial charge is 0.393 e. The number of benzene rings is 1. The zero-order valence-electron chi connectivity index (χ0n) is 17.4. The van der Waals surface area contributed by atoms with E-state index in [1.807, 2.05) is 12.5 Å². The molecular weight excluding hydrogens is 378 g/mol. The number of aromatic nitrogens is 2. The van der Waals surface area contributed by atoms with E-state index in [4.69, 9.17) is 4.74 Å². The number of ether oxygens (including phenoxy) is 1. The molecule has 2 aromatic rings. The number of Topliss-reactive ketones (excluding diaryl/α,β-unsaturated/α-hetero) is 1. The number of fused-ring (bicyclic) bond motifs is 3. The summed E-state index contributed by atoms with van der Waals surface area (Å²) in [5.41, 5.74) is 3.66. The fraction of sp³-hybridized carbons (Fsp3) is 0.583. The van der Waals surface area contributed by atoms with E-state index in [0.717, 1.165) is 44.5 Å². The molecule has 0 radical (unpaired) electrons. The summed E-state index contributed by atoms with van der Waals surface area (Å²) >= 11 is 0. The summed E-state index contributed by atoms with van der Waals surface area (Å²) in [5.74, 6) is 0.834. The lowest BCUT2D eigenvalue weighted by atomic mass is 9.86. The van der Waals surface area contributed by atoms with Gasteiger partial charge in [-0.2, -0.15) is 0 Å². The predicted octanol–water partition coefficient (Wildman–Crippen LogP) is 2.91. The molecule has 6 heteroatoms. The minimum atomic E-state index is -0.343. The van der Waals surface area contributed by atoms with E-state index >= 15 is 0 Å². The highest BCUT2D eigenvalue weighted by atomic mass is 16.5. The number of piperidine rings is 1. The van der Waals surface area contributed by atoms with Gasteiger partial charge in [0, 0.05) is 24.7 Å². The van der Waals surface area contributed by atoms with Crippen LogP contribution in [0.4, 0.5) is 0 Å². The molecular formula is C24H31N3O3. The Kier molecular flexibility index (Phi) is 5.72. The first-order valence-corrected chi connectivity index (χ1v) is 11.3. The van der Waals surface area contributed by atoms with Crippen LogP contribution in [0.5, 0.6) is 0 Å². The number of aliphatic hydroxyl groups is 1. The molecule has 6 nitrogen and oxygen atoms in total. The minimum absolute atomic E-state index is 0.154. The lowest BCUT2D eigenvalue weighted by Gasteiger charge is -2.35. The average molecular weight is 410 g/mol. The van der Waals surface area contributed by atoms with Crippen molar-refractivity contribution in [1.82, 2.24) is 14.5 Å². The SMILES string of the molecule is O=C(CN1CCC([C@@H](O)C[C@H]2c3ccccc3-c3cncn32)CC1)C1CCOCC1. The van der Waals surface area contributed by atoms with Gasteiger partial charge in [0.15, 0.2) is 0 Å². The molecule has 5 rings (SSSR count). The second-order valence-corrected chi connectivity index (χ2v) is 9.06. The van der Waals surface area contributed by atoms with Gasteiger partial charge < -0.3 is 14.4 Å². The maximum atomic E-state index is 12.6. The highest BCUT2D eigenvalue weighted by molar-refractivity contribution is 5.83. The van der Waals surface area contributed by atoms with Crippen molar-refractivity contribution >= 4 is 5.78 Å². The first kappa shape index (κ1) is 19.9. The third-order valence-electron chi connectivity index (χ3n) is 7.29. The van der Waals surface area contributed by atoms with Crippen LogP contribution in [-0.4, -0.2) is 64.3 Å². The van der Waals surface area contributed by atoms with Crippen molar-refractivity contribution < 1.29 is 14.6 Å². The zero-order valence-corrected chi connectivity index (χ0v) is 17.4. The van der Waals surface area contributed by atoms with Gasteiger partial charge in [-0.15, -0.1) is 0 Å². The Morgan fingerprint density at radius 1 is 1.17 bits per heavy atom. The number of hydrogen-bond acceptors (Lipinski definition) is 5. The number of aliphatic hydroxyl groups excluding tert-OH is 1. The molecule has 3 aliphatic rings. The fourth-order valence-corrected chi connectivity index (χ4v) is 5.46. The van der Waals surface area contributed by atoms with Gasteiger partial charge in [-0.1, -0.05) is 24.3 Å². The van der Waals surface area contributed by atoms with Crippen LogP contribution in [0.25, 0.3) is 11.3 Å². The van der Waals surface area contributed by atoms with Gasteiger partial charge in [0.1, 0.15) is 5.78 Å². The third kappa shape index (κ3) is 3.84. The molecule has 1 aromatic carbocycles. The second-order valence-electron chi connectivity index (χ2n) is 9.06. The maximum Gasteiger partial charge on any atom is 0.150 e. The molecule has 3 aliphatic heterocycles. The van der Waals surface area contributed by atoms with Gasteiger partial charge in [0.2, 0.25) is 0 Å². The fourth-order valence-electron chi connectivity index (χ4n) is 5.46. The summed E-state index contributed by atoms with van der Waals surface area (Å²) in [5, 5.41) is 11.1. The van der Waals surface area contributed by atoms with E-state index in [1.165, 1.54) is 11.1 Å². The molecule has 4 heterocycles. The first-order chi connectivity index (χ1) is 14.7. The van der Waals surface area contributed by atoms with Crippen LogP contribution in [0.3, 0.4) is 0 Å². The number of likely N-dealkylation sites (tertiary alicyclic amines) is 1. The number of rotatable bonds is 6. The van der Waals surface area contributed by atoms with Crippen molar-refractivity contribution in [2.24, 2.45) is 11.8 Å². The van der Waals surface area contributed by atoms with Crippen molar-refractivity contribution in [1.29, 1.82) is 0 Å². The highest BCUT2D eigenvalue weighted by Gasteiger charge is 2.34. The molecule has 0 aliphatic carbocycles. The van der Waals surface area contributed by atoms with Crippen molar-refractivity contribution in [3.63, 3.8) is 0 Å². The lowest BCUT2D eigenvalue weighted by Crippen LogP contribution is -2.42. The van der Waals surface area contributed by atoms with Crippen LogP contribution in [0.15, 0.2) is 36.8 Å². The second kappa shape index (κ2) is 8.61. The van der Waals surface area contributed by atoms with E-state index < -0.39 is 0 Å². The summed E-state index contributed by atoms with van der Waals surface area (Å²) in [6.07, 6.45) is 7.81. The van der Waals surface area contributed by atoms with Gasteiger partial charge in [-0.25, -0.2) is 4.98 Å². The molecule has 2 fully saturated rings. The Hall–Kier alpha value is -2.02. The molecule has 160 valence electrons. The summed E-state index contributed by atoms with van der Waals surface area (Å²) in [6, 6.07) is 8.60. The van der Waals surface area contributed by atoms with E-state index in [1.54, 1.807) is 0 Å². The molecule has 0 bridgehead atoms. The van der Waals surface area contributed by atoms with Crippen LogP contribution in [0, 0.1) is 11.8 Å². The Labute approximate surface area is 177 Å². The summed E-state index contributed by atoms with van der Waals surface area (Å²) in [6.45, 7) is 3.78. The molecule has 2 saturated heterocycles. The summed E-state index contributed by atoms with van der Waals surface area (Å²) in [7, 11) is 0. The monoisotopic (exact) mass is 409 g/mol. The number of ketones is 1. The summed E-state index contributed by atoms with van der Waals surface area (Å²) in [4.78, 5) is 19.2. The van der Waals surface area contributed by atoms with Crippen molar-refractivity contribution in [3.8, 4) is 11.3 Å². The number of carbonyl (C=O) groups excluding carboxylic acids is 1. The Balaban J connectivity index is 1.16. The van der Waals surface area contributed by atoms with E-state index in [0.29, 0.717) is 37.9 Å². The predicted molar refractivity (Wildman–Crippen MR) is 114 cm³/mol. The van der Waals surface area contributed by atoms with Crippen LogP contribution >= 0.6 is 0 Å². The number of nitrogens with zero attached hydrogens (tertiary/aromatic N) is 3. The van der Waals surface area contributed by atoms with Gasteiger partial charge in [-0.3, -0.25) is 9.69 Å². The Bertz CT molecular complexity index is 881. The average Bonchev–Trinajstić information content (AvgIpc) is 3.37. The van der Waals surface area contributed by atoms with Crippen LogP contribution in [0.2, 0.25) is 0 Å². The quantitative estimate of drug-likeness (QED) is 0.795. The van der Waals surface area contributed by atoms with Crippen LogP contribution in [-0.2, 0) is 9.53 Å². The number of hydrogen-bond donors (Lipinski definition) is 1. The van der Waals surface area contributed by atoms with Gasteiger partial charge in [0.25, 0.3) is 0 Å². The standard InChI is InChI=1S/C24H31N3O3/c28-23(13-21-19-3-1-2-4-20(19)22-14-25-16-27(21)22)17-5-9-26(10-6-17)15-24(29)18-7-11-30-12-8-18/h1-4,14,16-18,21,23,28H,5-13,15H2/t21-,23-/m0/s1. The number of carbonyl (C=O) groups is 1. The number of imidazole rings is 1. The van der Waals surface area contributed by atoms with E-state index in [9.17, 15) is 9.90 Å². The molecule has 0 spiro atoms. The minimum Gasteiger partial charge on any atom is -0.393 e. The van der Waals surface area contributed by atoms with Crippen molar-refractivity contribution in [3.05, 3.63) is 42.4 Å². The van der Waals surface area contributed by atoms with E-state index in [-0.39, 0.29) is 18.1 Å². The van der Waals surface area contributed by atoms with Crippen molar-refractivity contribution in [2.75, 3.05) is 32.8 Å². The Morgan fingerprint density at radius 3 is 2.73 bits per heavy atom. The highest BCUT2D eigenvalue weighted by Crippen LogP contribution is 2.42. The normalized spacial score (nSPS) is 23.8. The van der Waals surface area contributed by atoms with Gasteiger partial charge in [-0.05, 0) is 56.7 Å². The molecule has 1 aromatic heterocycles. The lowest BCUT2D eigenvalue weighted by molar-refractivity contribution is -0.127. The van der Waals surface area contributed by atoms with Crippen LogP contribution < -0.4 is 0 Å². The van der Waals surface area contributed by atoms with E-state index in [2.05, 4.69) is 38.7 Å². The molecule has 0 unspecified atom stereocenters. The van der Waals surface area contributed by atoms with Gasteiger partial charge >= 0.3 is 0 Å². The third-order valence-corrected chi connectivity index (χ3v) is 7.29. The topological polar surface area (TPSA) is 67.6 Å². The van der Waals surface area contributed by atoms with Crippen LogP contribution in [0.1, 0.15) is 43.7 Å². The molecule has 1 N–H and O–H groups in total. The molecule has 0 amide bonds.